The zero-order chi connectivity index (χ0) is 49.4. The zero-order valence-electron chi connectivity index (χ0n) is 46.0. The van der Waals surface area contributed by atoms with Gasteiger partial charge in [0.15, 0.2) is 0 Å². The molecule has 2 amide bonds. The smallest absolute Gasteiger partial charge is 0.314 e. The van der Waals surface area contributed by atoms with Crippen LogP contribution in [0.2, 0.25) is 0 Å². The Labute approximate surface area is 422 Å². The molecule has 68 heavy (non-hydrogen) atoms. The highest BCUT2D eigenvalue weighted by atomic mass is 16.5. The highest BCUT2D eigenvalue weighted by Crippen LogP contribution is 2.22. The van der Waals surface area contributed by atoms with Crippen LogP contribution in [0, 0.1) is 11.8 Å². The third-order valence-corrected chi connectivity index (χ3v) is 14.5. The number of urea groups is 1. The van der Waals surface area contributed by atoms with Crippen molar-refractivity contribution in [2.75, 3.05) is 85.7 Å². The topological polar surface area (TPSA) is 103 Å². The average molecular weight is 963 g/mol. The van der Waals surface area contributed by atoms with Gasteiger partial charge in [-0.25, -0.2) is 4.79 Å². The number of piperazine rings is 1. The van der Waals surface area contributed by atoms with Crippen molar-refractivity contribution in [1.29, 1.82) is 0 Å². The Morgan fingerprint density at radius 2 is 0.765 bits per heavy atom. The number of carbonyl (C=O) groups excluding carboxylic acids is 3. The van der Waals surface area contributed by atoms with E-state index >= 15 is 0 Å². The van der Waals surface area contributed by atoms with Crippen molar-refractivity contribution < 1.29 is 23.9 Å². The average Bonchev–Trinajstić information content (AvgIpc) is 3.34. The maximum absolute atomic E-state index is 13.1. The van der Waals surface area contributed by atoms with E-state index < -0.39 is 0 Å². The van der Waals surface area contributed by atoms with E-state index in [1.165, 1.54) is 154 Å². The first-order valence-corrected chi connectivity index (χ1v) is 29.8. The maximum Gasteiger partial charge on any atom is 0.314 e. The first-order valence-electron chi connectivity index (χ1n) is 29.8. The molecule has 10 nitrogen and oxygen atoms in total. The molecule has 0 bridgehead atoms. The van der Waals surface area contributed by atoms with Gasteiger partial charge < -0.3 is 29.9 Å². The van der Waals surface area contributed by atoms with E-state index in [0.717, 1.165) is 129 Å². The molecule has 2 atom stereocenters. The van der Waals surface area contributed by atoms with Crippen molar-refractivity contribution in [3.63, 3.8) is 0 Å². The molecule has 10 heteroatoms. The third kappa shape index (κ3) is 39.8. The van der Waals surface area contributed by atoms with Gasteiger partial charge in [0.05, 0.1) is 25.0 Å². The molecule has 1 fully saturated rings. The van der Waals surface area contributed by atoms with E-state index in [0.29, 0.717) is 26.3 Å². The summed E-state index contributed by atoms with van der Waals surface area (Å²) in [5, 5.41) is 6.20. The number of hydrogen-bond acceptors (Lipinski definition) is 8. The zero-order valence-corrected chi connectivity index (χ0v) is 46.0. The van der Waals surface area contributed by atoms with Crippen LogP contribution < -0.4 is 10.6 Å². The summed E-state index contributed by atoms with van der Waals surface area (Å²) in [6.45, 7) is 19.7. The van der Waals surface area contributed by atoms with Crippen molar-refractivity contribution in [2.24, 2.45) is 11.8 Å². The van der Waals surface area contributed by atoms with Crippen LogP contribution >= 0.6 is 0 Å². The van der Waals surface area contributed by atoms with Gasteiger partial charge in [-0.1, -0.05) is 207 Å². The number of carbonyl (C=O) groups is 3. The summed E-state index contributed by atoms with van der Waals surface area (Å²) in [7, 11) is 2.17. The van der Waals surface area contributed by atoms with E-state index in [2.05, 4.69) is 60.1 Å². The van der Waals surface area contributed by atoms with Gasteiger partial charge in [-0.05, 0) is 71.5 Å². The fourth-order valence-electron chi connectivity index (χ4n) is 9.73. The molecule has 2 unspecified atom stereocenters. The molecule has 0 aromatic carbocycles. The summed E-state index contributed by atoms with van der Waals surface area (Å²) < 4.78 is 11.7. The molecule has 0 aromatic heterocycles. The van der Waals surface area contributed by atoms with Crippen LogP contribution in [0.3, 0.4) is 0 Å². The van der Waals surface area contributed by atoms with E-state index in [-0.39, 0.29) is 29.8 Å². The number of ether oxygens (including phenoxy) is 2. The summed E-state index contributed by atoms with van der Waals surface area (Å²) in [6.07, 6.45) is 42.5. The van der Waals surface area contributed by atoms with Crippen molar-refractivity contribution in [3.05, 3.63) is 0 Å². The predicted octanol–water partition coefficient (Wildman–Crippen LogP) is 14.3. The minimum atomic E-state index is -0.0592. The Bertz CT molecular complexity index is 1060. The van der Waals surface area contributed by atoms with Crippen molar-refractivity contribution in [1.82, 2.24) is 25.3 Å². The summed E-state index contributed by atoms with van der Waals surface area (Å²) >= 11 is 0. The second-order valence-electron chi connectivity index (χ2n) is 21.0. The lowest BCUT2D eigenvalue weighted by Crippen LogP contribution is -2.48. The molecule has 1 aliphatic rings. The van der Waals surface area contributed by atoms with Crippen LogP contribution in [0.4, 0.5) is 4.79 Å². The monoisotopic (exact) mass is 962 g/mol. The van der Waals surface area contributed by atoms with Crippen LogP contribution in [-0.2, 0) is 19.1 Å². The van der Waals surface area contributed by atoms with Crippen molar-refractivity contribution in [2.45, 2.75) is 259 Å². The molecule has 2 N–H and O–H groups in total. The normalized spacial score (nSPS) is 14.3. The Kier molecular flexibility index (Phi) is 45.9. The number of rotatable bonds is 50. The Hall–Kier alpha value is -1.91. The van der Waals surface area contributed by atoms with E-state index in [4.69, 9.17) is 9.47 Å². The molecule has 1 rings (SSSR count). The second kappa shape index (κ2) is 48.7. The van der Waals surface area contributed by atoms with Crippen LogP contribution in [0.5, 0.6) is 0 Å². The largest absolute Gasteiger partial charge is 0.465 e. The van der Waals surface area contributed by atoms with Gasteiger partial charge in [-0.2, -0.15) is 0 Å². The van der Waals surface area contributed by atoms with Crippen LogP contribution in [0.25, 0.3) is 0 Å². The summed E-state index contributed by atoms with van der Waals surface area (Å²) in [5.74, 6) is 0.285. The molecular weight excluding hydrogens is 847 g/mol. The molecular formula is C58H115N5O5. The fourth-order valence-corrected chi connectivity index (χ4v) is 9.73. The number of nitrogens with one attached hydrogen (secondary N) is 2. The minimum Gasteiger partial charge on any atom is -0.465 e. The first kappa shape index (κ1) is 64.1. The molecule has 0 aromatic rings. The van der Waals surface area contributed by atoms with Gasteiger partial charge in [0.2, 0.25) is 0 Å². The van der Waals surface area contributed by atoms with E-state index in [9.17, 15) is 14.4 Å². The number of esters is 2. The Morgan fingerprint density at radius 3 is 1.18 bits per heavy atom. The van der Waals surface area contributed by atoms with Gasteiger partial charge in [0, 0.05) is 52.4 Å². The molecule has 0 aliphatic carbocycles. The Morgan fingerprint density at radius 1 is 0.426 bits per heavy atom. The predicted molar refractivity (Wildman–Crippen MR) is 290 cm³/mol. The highest BCUT2D eigenvalue weighted by molar-refractivity contribution is 5.74. The summed E-state index contributed by atoms with van der Waals surface area (Å²) in [4.78, 5) is 46.1. The maximum atomic E-state index is 13.1. The SMILES string of the molecule is CCCCCCCCC(CCCCCC)C(=O)OCCCCCCCCN(CCCCCCCCOC(=O)C(CCCCCC)CCCCCCCC)CCNC(=O)NCCN1CCN(C)CC1. The van der Waals surface area contributed by atoms with Crippen LogP contribution in [0.1, 0.15) is 259 Å². The standard InChI is InChI=1S/C58H115N5O5/c1-6-10-14-18-24-32-40-54(38-30-16-12-8-3)56(64)67-52-36-28-22-20-26-34-44-62(46-42-59-58(66)60-43-47-63-50-48-61(5)49-51-63)45-35-27-21-23-29-37-53-68-57(65)55(39-31-17-13-9-4)41-33-25-19-15-11-7-2/h54-55H,6-53H2,1-5H3,(H2,59,60,66). The van der Waals surface area contributed by atoms with Gasteiger partial charge in [-0.15, -0.1) is 0 Å². The lowest BCUT2D eigenvalue weighted by atomic mass is 9.94. The minimum absolute atomic E-state index is 0.0565. The molecule has 402 valence electrons. The lowest BCUT2D eigenvalue weighted by molar-refractivity contribution is -0.150. The fraction of sp³-hybridized carbons (Fsp3) is 0.948. The molecule has 0 saturated carbocycles. The molecule has 1 heterocycles. The van der Waals surface area contributed by atoms with Gasteiger partial charge in [-0.3, -0.25) is 14.5 Å². The summed E-state index contributed by atoms with van der Waals surface area (Å²) in [5.41, 5.74) is 0. The first-order chi connectivity index (χ1) is 33.3. The van der Waals surface area contributed by atoms with Crippen LogP contribution in [0.15, 0.2) is 0 Å². The molecule has 0 radical (unpaired) electrons. The quantitative estimate of drug-likeness (QED) is 0.0459. The molecule has 1 aliphatic heterocycles. The van der Waals surface area contributed by atoms with Gasteiger partial charge in [0.1, 0.15) is 0 Å². The lowest BCUT2D eigenvalue weighted by Gasteiger charge is -2.32. The number of unbranched alkanes of at least 4 members (excludes halogenated alkanes) is 26. The van der Waals surface area contributed by atoms with Crippen molar-refractivity contribution >= 4 is 18.0 Å². The van der Waals surface area contributed by atoms with Gasteiger partial charge >= 0.3 is 18.0 Å². The number of likely N-dealkylation sites (N-methyl/N-ethyl adjacent to an activating group) is 1. The van der Waals surface area contributed by atoms with Crippen molar-refractivity contribution in [3.8, 4) is 0 Å². The number of hydrogen-bond donors (Lipinski definition) is 2. The summed E-state index contributed by atoms with van der Waals surface area (Å²) in [6, 6.07) is -0.0592. The Balaban J connectivity index is 2.41. The second-order valence-corrected chi connectivity index (χ2v) is 21.0. The number of amides is 2. The molecule has 0 spiro atoms. The van der Waals surface area contributed by atoms with E-state index in [1.54, 1.807) is 0 Å². The highest BCUT2D eigenvalue weighted by Gasteiger charge is 2.21. The third-order valence-electron chi connectivity index (χ3n) is 14.5. The van der Waals surface area contributed by atoms with Crippen LogP contribution in [-0.4, -0.2) is 118 Å². The molecule has 1 saturated heterocycles. The van der Waals surface area contributed by atoms with Gasteiger partial charge in [0.25, 0.3) is 0 Å². The van der Waals surface area contributed by atoms with E-state index in [1.807, 2.05) is 0 Å². The number of nitrogens with zero attached hydrogens (tertiary/aromatic N) is 3.